The number of carbonyl (C=O) groups is 2. The van der Waals surface area contributed by atoms with E-state index in [-0.39, 0.29) is 18.0 Å². The molecule has 6 nitrogen and oxygen atoms in total. The summed E-state index contributed by atoms with van der Waals surface area (Å²) in [5, 5.41) is 0. The monoisotopic (exact) mass is 269 g/mol. The smallest absolute Gasteiger partial charge is 0.410 e. The van der Waals surface area contributed by atoms with E-state index in [1.165, 1.54) is 0 Å². The number of hydrogen-bond donors (Lipinski definition) is 1. The summed E-state index contributed by atoms with van der Waals surface area (Å²) in [5.41, 5.74) is 4.71. The molecule has 2 saturated heterocycles. The normalized spacial score (nSPS) is 26.8. The SMILES string of the molecule is CC(C)(C)OC(=O)N1C[C@H]2C[C@@H]1CN2CCC(N)=O. The molecule has 0 aromatic carbocycles. The summed E-state index contributed by atoms with van der Waals surface area (Å²) in [6.07, 6.45) is 1.13. The summed E-state index contributed by atoms with van der Waals surface area (Å²) in [7, 11) is 0. The Morgan fingerprint density at radius 3 is 2.42 bits per heavy atom. The van der Waals surface area contributed by atoms with Crippen LogP contribution in [0.25, 0.3) is 0 Å². The van der Waals surface area contributed by atoms with Crippen LogP contribution < -0.4 is 5.73 Å². The van der Waals surface area contributed by atoms with Crippen molar-refractivity contribution in [2.24, 2.45) is 5.73 Å². The number of primary amides is 1. The zero-order chi connectivity index (χ0) is 14.2. The fourth-order valence-corrected chi connectivity index (χ4v) is 2.82. The third-order valence-electron chi connectivity index (χ3n) is 3.63. The van der Waals surface area contributed by atoms with Gasteiger partial charge in [0.2, 0.25) is 5.91 Å². The molecule has 2 rings (SSSR count). The predicted molar refractivity (Wildman–Crippen MR) is 70.5 cm³/mol. The topological polar surface area (TPSA) is 75.9 Å². The number of hydrogen-bond acceptors (Lipinski definition) is 4. The minimum Gasteiger partial charge on any atom is -0.444 e. The summed E-state index contributed by atoms with van der Waals surface area (Å²) in [6.45, 7) is 7.82. The van der Waals surface area contributed by atoms with Crippen LogP contribution in [0.4, 0.5) is 4.79 Å². The van der Waals surface area contributed by atoms with E-state index in [2.05, 4.69) is 4.90 Å². The number of carbonyl (C=O) groups excluding carboxylic acids is 2. The quantitative estimate of drug-likeness (QED) is 0.812. The van der Waals surface area contributed by atoms with Crippen LogP contribution in [0.3, 0.4) is 0 Å². The third kappa shape index (κ3) is 3.37. The van der Waals surface area contributed by atoms with Crippen molar-refractivity contribution in [2.45, 2.75) is 51.3 Å². The summed E-state index contributed by atoms with van der Waals surface area (Å²) >= 11 is 0. The fourth-order valence-electron chi connectivity index (χ4n) is 2.82. The Kier molecular flexibility index (Phi) is 3.71. The van der Waals surface area contributed by atoms with Crippen molar-refractivity contribution in [2.75, 3.05) is 19.6 Å². The Morgan fingerprint density at radius 2 is 1.95 bits per heavy atom. The van der Waals surface area contributed by atoms with Gasteiger partial charge in [-0.05, 0) is 27.2 Å². The lowest BCUT2D eigenvalue weighted by Gasteiger charge is -2.35. The predicted octanol–water partition coefficient (Wildman–Crippen LogP) is 0.555. The van der Waals surface area contributed by atoms with Crippen LogP contribution in [0.5, 0.6) is 0 Å². The number of nitrogens with two attached hydrogens (primary N) is 1. The molecule has 0 aromatic heterocycles. The van der Waals surface area contributed by atoms with Crippen molar-refractivity contribution in [3.8, 4) is 0 Å². The molecule has 2 aliphatic heterocycles. The standard InChI is InChI=1S/C13H23N3O3/c1-13(2,3)19-12(18)16-8-9-6-10(16)7-15(9)5-4-11(14)17/h9-10H,4-8H2,1-3H3,(H2,14,17)/t9-,10-/m1/s1. The first-order chi connectivity index (χ1) is 8.76. The highest BCUT2D eigenvalue weighted by Gasteiger charge is 2.46. The van der Waals surface area contributed by atoms with Crippen LogP contribution in [0.2, 0.25) is 0 Å². The van der Waals surface area contributed by atoms with Gasteiger partial charge in [-0.2, -0.15) is 0 Å². The van der Waals surface area contributed by atoms with Gasteiger partial charge in [0.25, 0.3) is 0 Å². The largest absolute Gasteiger partial charge is 0.444 e. The van der Waals surface area contributed by atoms with Gasteiger partial charge in [-0.25, -0.2) is 4.79 Å². The third-order valence-corrected chi connectivity index (χ3v) is 3.63. The second-order valence-electron chi connectivity index (χ2n) is 6.39. The van der Waals surface area contributed by atoms with Crippen molar-refractivity contribution in [3.05, 3.63) is 0 Å². The summed E-state index contributed by atoms with van der Waals surface area (Å²) in [6, 6.07) is 0.560. The summed E-state index contributed by atoms with van der Waals surface area (Å²) in [4.78, 5) is 26.9. The minimum absolute atomic E-state index is 0.215. The van der Waals surface area contributed by atoms with Gasteiger partial charge in [-0.15, -0.1) is 0 Å². The van der Waals surface area contributed by atoms with Crippen molar-refractivity contribution in [1.29, 1.82) is 0 Å². The Hall–Kier alpha value is -1.30. The molecular formula is C13H23N3O3. The second kappa shape index (κ2) is 5.00. The van der Waals surface area contributed by atoms with Crippen molar-refractivity contribution < 1.29 is 14.3 Å². The molecule has 6 heteroatoms. The van der Waals surface area contributed by atoms with E-state index in [0.717, 1.165) is 13.0 Å². The Labute approximate surface area is 113 Å². The zero-order valence-corrected chi connectivity index (χ0v) is 11.9. The number of fused-ring (bicyclic) bond motifs is 2. The zero-order valence-electron chi connectivity index (χ0n) is 11.9. The second-order valence-corrected chi connectivity index (χ2v) is 6.39. The highest BCUT2D eigenvalue weighted by atomic mass is 16.6. The maximum absolute atomic E-state index is 12.0. The average molecular weight is 269 g/mol. The highest BCUT2D eigenvalue weighted by molar-refractivity contribution is 5.74. The van der Waals surface area contributed by atoms with E-state index in [0.29, 0.717) is 25.6 Å². The van der Waals surface area contributed by atoms with Crippen LogP contribution in [0.1, 0.15) is 33.6 Å². The molecule has 2 amide bonds. The number of ether oxygens (including phenoxy) is 1. The Bertz CT molecular complexity index is 378. The van der Waals surface area contributed by atoms with Gasteiger partial charge in [0, 0.05) is 38.1 Å². The first-order valence-corrected chi connectivity index (χ1v) is 6.78. The molecule has 2 aliphatic rings. The molecule has 0 saturated carbocycles. The van der Waals surface area contributed by atoms with Crippen LogP contribution in [-0.2, 0) is 9.53 Å². The molecule has 0 radical (unpaired) electrons. The van der Waals surface area contributed by atoms with E-state index >= 15 is 0 Å². The summed E-state index contributed by atoms with van der Waals surface area (Å²) in [5.74, 6) is -0.272. The number of piperazine rings is 1. The van der Waals surface area contributed by atoms with E-state index in [1.807, 2.05) is 25.7 Å². The molecule has 0 aromatic rings. The fraction of sp³-hybridized carbons (Fsp3) is 0.846. The van der Waals surface area contributed by atoms with Crippen LogP contribution in [-0.4, -0.2) is 59.1 Å². The van der Waals surface area contributed by atoms with E-state index < -0.39 is 5.60 Å². The molecule has 2 N–H and O–H groups in total. The lowest BCUT2D eigenvalue weighted by Crippen LogP contribution is -2.50. The first kappa shape index (κ1) is 14.1. The molecule has 0 aliphatic carbocycles. The maximum Gasteiger partial charge on any atom is 0.410 e. The van der Waals surface area contributed by atoms with Gasteiger partial charge in [0.15, 0.2) is 0 Å². The van der Waals surface area contributed by atoms with Crippen LogP contribution >= 0.6 is 0 Å². The molecule has 19 heavy (non-hydrogen) atoms. The number of rotatable bonds is 3. The molecule has 2 atom stereocenters. The number of likely N-dealkylation sites (tertiary alicyclic amines) is 2. The van der Waals surface area contributed by atoms with Gasteiger partial charge in [0.05, 0.1) is 0 Å². The number of nitrogens with zero attached hydrogens (tertiary/aromatic N) is 2. The Balaban J connectivity index is 1.85. The molecule has 0 spiro atoms. The molecule has 2 bridgehead atoms. The molecule has 108 valence electrons. The maximum atomic E-state index is 12.0. The van der Waals surface area contributed by atoms with Crippen LogP contribution in [0.15, 0.2) is 0 Å². The highest BCUT2D eigenvalue weighted by Crippen LogP contribution is 2.31. The van der Waals surface area contributed by atoms with E-state index in [4.69, 9.17) is 10.5 Å². The molecule has 0 unspecified atom stereocenters. The van der Waals surface area contributed by atoms with Gasteiger partial charge < -0.3 is 15.4 Å². The van der Waals surface area contributed by atoms with Crippen molar-refractivity contribution in [1.82, 2.24) is 9.80 Å². The molecule has 2 heterocycles. The van der Waals surface area contributed by atoms with Crippen LogP contribution in [0, 0.1) is 0 Å². The van der Waals surface area contributed by atoms with E-state index in [1.54, 1.807) is 0 Å². The van der Waals surface area contributed by atoms with Gasteiger partial charge in [-0.1, -0.05) is 0 Å². The first-order valence-electron chi connectivity index (χ1n) is 6.78. The van der Waals surface area contributed by atoms with Gasteiger partial charge in [-0.3, -0.25) is 9.69 Å². The molecular weight excluding hydrogens is 246 g/mol. The average Bonchev–Trinajstić information content (AvgIpc) is 2.82. The van der Waals surface area contributed by atoms with E-state index in [9.17, 15) is 9.59 Å². The van der Waals surface area contributed by atoms with Gasteiger partial charge >= 0.3 is 6.09 Å². The van der Waals surface area contributed by atoms with Crippen molar-refractivity contribution >= 4 is 12.0 Å². The Morgan fingerprint density at radius 1 is 1.26 bits per heavy atom. The lowest BCUT2D eigenvalue weighted by atomic mass is 10.2. The van der Waals surface area contributed by atoms with Crippen molar-refractivity contribution in [3.63, 3.8) is 0 Å². The summed E-state index contributed by atoms with van der Waals surface area (Å²) < 4.78 is 5.40. The minimum atomic E-state index is -0.454. The number of amides is 2. The van der Waals surface area contributed by atoms with Gasteiger partial charge in [0.1, 0.15) is 5.60 Å². The lowest BCUT2D eigenvalue weighted by molar-refractivity contribution is -0.118. The molecule has 2 fully saturated rings.